The number of furan rings is 1. The lowest BCUT2D eigenvalue weighted by Gasteiger charge is -2.33. The maximum absolute atomic E-state index is 12.8. The van der Waals surface area contributed by atoms with Crippen molar-refractivity contribution in [2.75, 3.05) is 26.2 Å². The molecular weight excluding hydrogens is 509 g/mol. The van der Waals surface area contributed by atoms with Crippen LogP contribution in [0.2, 0.25) is 10.0 Å². The fraction of sp³-hybridized carbons (Fsp3) is 0.160. The van der Waals surface area contributed by atoms with Crippen LogP contribution in [0, 0.1) is 16.2 Å². The first-order valence-electron chi connectivity index (χ1n) is 10.7. The van der Waals surface area contributed by atoms with Gasteiger partial charge in [-0.2, -0.15) is 0 Å². The van der Waals surface area contributed by atoms with Gasteiger partial charge in [-0.3, -0.25) is 24.5 Å². The highest BCUT2D eigenvalue weighted by Gasteiger charge is 2.29. The van der Waals surface area contributed by atoms with Crippen molar-refractivity contribution in [3.8, 4) is 11.1 Å². The summed E-state index contributed by atoms with van der Waals surface area (Å²) in [6, 6.07) is 13.2. The number of nitro benzene ring substituents is 1. The van der Waals surface area contributed by atoms with E-state index >= 15 is 0 Å². The number of nitro groups is 1. The molecule has 36 heavy (non-hydrogen) atoms. The molecule has 183 valence electrons. The van der Waals surface area contributed by atoms with Gasteiger partial charge >= 0.3 is 0 Å². The summed E-state index contributed by atoms with van der Waals surface area (Å²) in [5.41, 5.74) is 0.697. The van der Waals surface area contributed by atoms with Crippen molar-refractivity contribution in [2.24, 2.45) is 0 Å². The molecule has 9 nitrogen and oxygen atoms in total. The molecule has 2 heterocycles. The molecule has 2 aromatic carbocycles. The number of hydrogen-bond acceptors (Lipinski definition) is 6. The molecule has 1 fully saturated rings. The van der Waals surface area contributed by atoms with Gasteiger partial charge in [0.25, 0.3) is 17.4 Å². The second kappa shape index (κ2) is 10.8. The Hall–Kier alpha value is -3.95. The number of piperazine rings is 1. The number of ketones is 1. The molecule has 3 aromatic rings. The highest BCUT2D eigenvalue weighted by Crippen LogP contribution is 2.38. The van der Waals surface area contributed by atoms with Gasteiger partial charge in [0.2, 0.25) is 5.91 Å². The summed E-state index contributed by atoms with van der Waals surface area (Å²) in [7, 11) is 0. The molecule has 0 aliphatic carbocycles. The molecule has 0 N–H and O–H groups in total. The first-order chi connectivity index (χ1) is 17.3. The molecule has 4 rings (SSSR count). The van der Waals surface area contributed by atoms with Crippen molar-refractivity contribution in [3.05, 3.63) is 92.4 Å². The van der Waals surface area contributed by atoms with Crippen LogP contribution in [-0.4, -0.2) is 58.5 Å². The Kier molecular flexibility index (Phi) is 7.52. The minimum atomic E-state index is -0.740. The van der Waals surface area contributed by atoms with Crippen molar-refractivity contribution < 1.29 is 23.7 Å². The van der Waals surface area contributed by atoms with E-state index in [1.807, 2.05) is 0 Å². The molecule has 0 saturated carbocycles. The summed E-state index contributed by atoms with van der Waals surface area (Å²) < 4.78 is 4.99. The zero-order chi connectivity index (χ0) is 25.8. The predicted molar refractivity (Wildman–Crippen MR) is 133 cm³/mol. The lowest BCUT2D eigenvalue weighted by Crippen LogP contribution is -2.51. The van der Waals surface area contributed by atoms with Crippen LogP contribution in [-0.2, 0) is 9.59 Å². The molecule has 1 radical (unpaired) electrons. The number of carbonyl (C=O) groups excluding carboxylic acids is 3. The molecule has 2 amide bonds. The van der Waals surface area contributed by atoms with Gasteiger partial charge < -0.3 is 14.2 Å². The van der Waals surface area contributed by atoms with E-state index < -0.39 is 16.6 Å². The topological polar surface area (TPSA) is 114 Å². The van der Waals surface area contributed by atoms with Crippen molar-refractivity contribution >= 4 is 52.6 Å². The molecular formula is C25H18Cl2N3O6. The molecule has 11 heteroatoms. The van der Waals surface area contributed by atoms with Crippen molar-refractivity contribution in [2.45, 2.75) is 0 Å². The van der Waals surface area contributed by atoms with Gasteiger partial charge in [0.1, 0.15) is 0 Å². The first kappa shape index (κ1) is 25.2. The van der Waals surface area contributed by atoms with Crippen LogP contribution >= 0.6 is 23.2 Å². The molecule has 1 aliphatic heterocycles. The monoisotopic (exact) mass is 526 g/mol. The number of halogens is 2. The number of carbonyl (C=O) groups is 3. The van der Waals surface area contributed by atoms with Gasteiger partial charge in [0, 0.05) is 42.8 Å². The third kappa shape index (κ3) is 5.32. The number of hydrogen-bond donors (Lipinski definition) is 0. The maximum Gasteiger partial charge on any atom is 0.298 e. The van der Waals surface area contributed by atoms with E-state index in [0.717, 1.165) is 0 Å². The fourth-order valence-electron chi connectivity index (χ4n) is 3.81. The summed E-state index contributed by atoms with van der Waals surface area (Å²) in [4.78, 5) is 51.4. The normalized spacial score (nSPS) is 13.7. The number of amides is 2. The van der Waals surface area contributed by atoms with Gasteiger partial charge in [0.05, 0.1) is 27.8 Å². The van der Waals surface area contributed by atoms with E-state index in [1.165, 1.54) is 52.5 Å². The summed E-state index contributed by atoms with van der Waals surface area (Å²) in [6.07, 6.45) is 4.09. The van der Waals surface area contributed by atoms with Gasteiger partial charge in [-0.1, -0.05) is 35.3 Å². The van der Waals surface area contributed by atoms with Crippen LogP contribution in [0.3, 0.4) is 0 Å². The first-order valence-corrected chi connectivity index (χ1v) is 11.5. The summed E-state index contributed by atoms with van der Waals surface area (Å²) >= 11 is 12.3. The third-order valence-corrected chi connectivity index (χ3v) is 6.16. The Bertz CT molecular complexity index is 1360. The number of Topliss-reactive ketones (excluding diaryl/α,β-unsaturated/α-hetero) is 1. The van der Waals surface area contributed by atoms with E-state index in [1.54, 1.807) is 18.2 Å². The summed E-state index contributed by atoms with van der Waals surface area (Å²) in [6.45, 7) is 0.808. The van der Waals surface area contributed by atoms with Gasteiger partial charge in [-0.25, -0.2) is 0 Å². The molecule has 1 aromatic heterocycles. The minimum Gasteiger partial charge on any atom is -0.461 e. The van der Waals surface area contributed by atoms with Gasteiger partial charge in [-0.15, -0.1) is 0 Å². The Morgan fingerprint density at radius 3 is 2.42 bits per heavy atom. The smallest absolute Gasteiger partial charge is 0.298 e. The lowest BCUT2D eigenvalue weighted by atomic mass is 9.97. The second-order valence-corrected chi connectivity index (χ2v) is 8.64. The van der Waals surface area contributed by atoms with E-state index in [9.17, 15) is 24.5 Å². The Balaban J connectivity index is 1.49. The van der Waals surface area contributed by atoms with Crippen molar-refractivity contribution in [3.63, 3.8) is 0 Å². The molecule has 0 atom stereocenters. The minimum absolute atomic E-state index is 0.0350. The lowest BCUT2D eigenvalue weighted by molar-refractivity contribution is -0.384. The molecule has 0 bridgehead atoms. The standard InChI is InChI=1S/C25H18Cl2N3O6/c26-17-7-8-18(19(27)15-17)23-16(3-1-4-20(23)30(34)35)6-9-22(31)28-10-12-29(13-11-28)25(33)24(32)21-5-2-14-36-21/h1-3,5-9,14-15H,10-13H2/b9-6+. The zero-order valence-electron chi connectivity index (χ0n) is 18.6. The van der Waals surface area contributed by atoms with Crippen LogP contribution < -0.4 is 0 Å². The van der Waals surface area contributed by atoms with E-state index in [0.29, 0.717) is 16.1 Å². The van der Waals surface area contributed by atoms with E-state index in [-0.39, 0.29) is 54.1 Å². The Labute approximate surface area is 215 Å². The molecule has 0 spiro atoms. The molecule has 1 aliphatic rings. The summed E-state index contributed by atoms with van der Waals surface area (Å²) in [5, 5.41) is 12.3. The molecule has 1 saturated heterocycles. The Morgan fingerprint density at radius 2 is 1.78 bits per heavy atom. The average molecular weight is 527 g/mol. The van der Waals surface area contributed by atoms with Crippen molar-refractivity contribution in [1.29, 1.82) is 0 Å². The van der Waals surface area contributed by atoms with Crippen LogP contribution in [0.15, 0.2) is 59.2 Å². The fourth-order valence-corrected chi connectivity index (χ4v) is 4.32. The number of nitrogens with zero attached hydrogens (tertiary/aromatic N) is 3. The number of rotatable bonds is 6. The van der Waals surface area contributed by atoms with Crippen molar-refractivity contribution in [1.82, 2.24) is 9.80 Å². The predicted octanol–water partition coefficient (Wildman–Crippen LogP) is 4.53. The highest BCUT2D eigenvalue weighted by atomic mass is 35.5. The average Bonchev–Trinajstić information content (AvgIpc) is 3.41. The second-order valence-electron chi connectivity index (χ2n) is 7.80. The van der Waals surface area contributed by atoms with Gasteiger partial charge in [0.15, 0.2) is 5.76 Å². The van der Waals surface area contributed by atoms with E-state index in [4.69, 9.17) is 27.6 Å². The number of benzene rings is 2. The third-order valence-electron chi connectivity index (χ3n) is 5.61. The Morgan fingerprint density at radius 1 is 1.06 bits per heavy atom. The van der Waals surface area contributed by atoms with Gasteiger partial charge in [-0.05, 0) is 42.0 Å². The van der Waals surface area contributed by atoms with E-state index in [2.05, 4.69) is 6.07 Å². The summed E-state index contributed by atoms with van der Waals surface area (Å²) in [5.74, 6) is -1.81. The zero-order valence-corrected chi connectivity index (χ0v) is 20.2. The van der Waals surface area contributed by atoms with Crippen LogP contribution in [0.5, 0.6) is 0 Å². The maximum atomic E-state index is 12.8. The largest absolute Gasteiger partial charge is 0.461 e. The SMILES string of the molecule is O=C(C(=O)N1CCN(C(=O)/C=C/c2cc[c]c([N+](=O)[O-])c2-c2ccc(Cl)cc2Cl)CC1)c1ccco1. The highest BCUT2D eigenvalue weighted by molar-refractivity contribution is 6.42. The quantitative estimate of drug-likeness (QED) is 0.153. The van der Waals surface area contributed by atoms with Crippen LogP contribution in [0.25, 0.3) is 17.2 Å². The van der Waals surface area contributed by atoms with Crippen LogP contribution in [0.1, 0.15) is 16.1 Å². The van der Waals surface area contributed by atoms with Crippen LogP contribution in [0.4, 0.5) is 5.69 Å². The molecule has 0 unspecified atom stereocenters.